The maximum Gasteiger partial charge on any atom is 0.445 e. The molecule has 0 atom stereocenters. The third-order valence-electron chi connectivity index (χ3n) is 6.90. The first-order valence-corrected chi connectivity index (χ1v) is 15.7. The first-order chi connectivity index (χ1) is 18.3. The van der Waals surface area contributed by atoms with E-state index in [0.29, 0.717) is 42.3 Å². The van der Waals surface area contributed by atoms with Crippen molar-refractivity contribution >= 4 is 42.5 Å². The molecule has 0 aromatic carbocycles. The monoisotopic (exact) mass is 599 g/mol. The van der Waals surface area contributed by atoms with Gasteiger partial charge in [-0.25, -0.2) is 21.8 Å². The number of nitrogens with one attached hydrogen (secondary N) is 1. The van der Waals surface area contributed by atoms with Crippen LogP contribution in [0, 0.1) is 11.3 Å². The second-order valence-electron chi connectivity index (χ2n) is 9.72. The van der Waals surface area contributed by atoms with Crippen LogP contribution in [0.2, 0.25) is 0 Å². The van der Waals surface area contributed by atoms with Gasteiger partial charge in [0.05, 0.1) is 27.9 Å². The normalized spacial score (nSPS) is 20.1. The van der Waals surface area contributed by atoms with Crippen LogP contribution in [0.3, 0.4) is 0 Å². The lowest BCUT2D eigenvalue weighted by Crippen LogP contribution is -2.37. The topological polar surface area (TPSA) is 150 Å². The molecule has 17 heteroatoms. The van der Waals surface area contributed by atoms with Gasteiger partial charge in [0.2, 0.25) is 25.1 Å². The van der Waals surface area contributed by atoms with E-state index in [9.17, 15) is 35.3 Å². The second kappa shape index (κ2) is 8.80. The number of nitrogens with zero attached hydrogens (tertiary/aromatic N) is 6. The number of rotatable bonds is 7. The molecule has 3 aromatic rings. The number of imidazole rings is 1. The van der Waals surface area contributed by atoms with Crippen molar-refractivity contribution in [3.8, 4) is 16.9 Å². The highest BCUT2D eigenvalue weighted by molar-refractivity contribution is 7.90. The Balaban J connectivity index is 1.46. The van der Waals surface area contributed by atoms with Gasteiger partial charge < -0.3 is 0 Å². The molecular formula is C22H20F3N7O4S3. The van der Waals surface area contributed by atoms with Crippen LogP contribution in [-0.2, 0) is 26.2 Å². The summed E-state index contributed by atoms with van der Waals surface area (Å²) in [5.41, 5.74) is 0.302. The maximum absolute atomic E-state index is 13.3. The molecule has 1 N–H and O–H groups in total. The number of hydrogen-bond donors (Lipinski definition) is 1. The van der Waals surface area contributed by atoms with E-state index in [2.05, 4.69) is 19.9 Å². The molecule has 0 saturated heterocycles. The number of pyridine rings is 1. The molecule has 39 heavy (non-hydrogen) atoms. The summed E-state index contributed by atoms with van der Waals surface area (Å²) in [6, 6.07) is 3.38. The minimum absolute atomic E-state index is 0.0351. The molecule has 0 spiro atoms. The molecule has 206 valence electrons. The zero-order chi connectivity index (χ0) is 27.8. The maximum atomic E-state index is 13.3. The van der Waals surface area contributed by atoms with Gasteiger partial charge in [0.1, 0.15) is 5.54 Å². The predicted octanol–water partition coefficient (Wildman–Crippen LogP) is 2.79. The average Bonchev–Trinajstić information content (AvgIpc) is 3.79. The predicted molar refractivity (Wildman–Crippen MR) is 133 cm³/mol. The van der Waals surface area contributed by atoms with Gasteiger partial charge in [0.25, 0.3) is 0 Å². The van der Waals surface area contributed by atoms with Crippen LogP contribution in [0.4, 0.5) is 13.2 Å². The Morgan fingerprint density at radius 1 is 1.18 bits per heavy atom. The zero-order valence-electron chi connectivity index (χ0n) is 20.0. The summed E-state index contributed by atoms with van der Waals surface area (Å²) in [4.78, 5) is 4.01. The highest BCUT2D eigenvalue weighted by atomic mass is 32.2. The number of nitriles is 1. The van der Waals surface area contributed by atoms with E-state index in [0.717, 1.165) is 0 Å². The van der Waals surface area contributed by atoms with E-state index in [4.69, 9.17) is 0 Å². The van der Waals surface area contributed by atoms with Gasteiger partial charge in [0.15, 0.2) is 10.8 Å². The average molecular weight is 600 g/mol. The van der Waals surface area contributed by atoms with Gasteiger partial charge in [-0.3, -0.25) is 4.40 Å². The van der Waals surface area contributed by atoms with Crippen molar-refractivity contribution in [1.29, 1.82) is 5.26 Å². The molecule has 3 aromatic heterocycles. The van der Waals surface area contributed by atoms with Gasteiger partial charge in [-0.15, -0.1) is 10.2 Å². The van der Waals surface area contributed by atoms with E-state index in [1.165, 1.54) is 27.2 Å². The SMILES string of the molecule is N#CC1(NS(=O)(=O)c2cc(C3=CCN(S(=O)(=O)C4CC4)CC3)c3cnc(-c4nnc(C(F)(F)F)s4)n3c2)CC1. The van der Waals surface area contributed by atoms with Crippen molar-refractivity contribution in [2.45, 2.75) is 54.0 Å². The zero-order valence-corrected chi connectivity index (χ0v) is 22.5. The molecule has 6 rings (SSSR count). The first-order valence-electron chi connectivity index (χ1n) is 11.9. The minimum atomic E-state index is -4.71. The number of hydrogen-bond acceptors (Lipinski definition) is 9. The molecule has 11 nitrogen and oxygen atoms in total. The lowest BCUT2D eigenvalue weighted by molar-refractivity contribution is -0.138. The van der Waals surface area contributed by atoms with Crippen LogP contribution in [-0.4, -0.2) is 64.6 Å². The standard InChI is InChI=1S/C22H20F3N7O4S3/c23-22(24,25)20-29-28-19(37-20)18-27-10-17-16(13-3-7-31(8-4-13)39(35,36)14-1-2-14)9-15(11-32(17)18)38(33,34)30-21(12-26)5-6-21/h3,9-11,14,30H,1-2,4-8H2. The van der Waals surface area contributed by atoms with Crippen LogP contribution in [0.25, 0.3) is 21.9 Å². The smallest absolute Gasteiger partial charge is 0.296 e. The Bertz CT molecular complexity index is 1780. The molecule has 3 aliphatic rings. The van der Waals surface area contributed by atoms with Crippen molar-refractivity contribution in [3.05, 3.63) is 35.1 Å². The van der Waals surface area contributed by atoms with Crippen LogP contribution >= 0.6 is 11.3 Å². The number of alkyl halides is 3. The fraction of sp³-hybridized carbons (Fsp3) is 0.455. The Kier molecular flexibility index (Phi) is 5.94. The Morgan fingerprint density at radius 3 is 2.49 bits per heavy atom. The van der Waals surface area contributed by atoms with Crippen LogP contribution in [0.15, 0.2) is 29.4 Å². The van der Waals surface area contributed by atoms with E-state index in [1.807, 2.05) is 6.07 Å². The largest absolute Gasteiger partial charge is 0.445 e. The van der Waals surface area contributed by atoms with Crippen molar-refractivity contribution in [3.63, 3.8) is 0 Å². The highest BCUT2D eigenvalue weighted by Gasteiger charge is 2.47. The summed E-state index contributed by atoms with van der Waals surface area (Å²) < 4.78 is 96.6. The fourth-order valence-electron chi connectivity index (χ4n) is 4.44. The molecule has 0 radical (unpaired) electrons. The summed E-state index contributed by atoms with van der Waals surface area (Å²) in [7, 11) is -7.62. The first kappa shape index (κ1) is 26.3. The van der Waals surface area contributed by atoms with Gasteiger partial charge in [-0.1, -0.05) is 17.4 Å². The molecule has 0 unspecified atom stereocenters. The molecule has 0 amide bonds. The second-order valence-corrected chi connectivity index (χ2v) is 14.6. The molecule has 2 saturated carbocycles. The van der Waals surface area contributed by atoms with Crippen molar-refractivity contribution in [1.82, 2.24) is 28.6 Å². The summed E-state index contributed by atoms with van der Waals surface area (Å²) in [6.45, 7) is 0.315. The third kappa shape index (κ3) is 4.73. The van der Waals surface area contributed by atoms with Gasteiger partial charge in [-0.05, 0) is 43.7 Å². The van der Waals surface area contributed by atoms with Crippen LogP contribution < -0.4 is 4.72 Å². The number of aromatic nitrogens is 4. The third-order valence-corrected chi connectivity index (χ3v) is 11.7. The molecule has 2 aliphatic carbocycles. The Labute approximate surface area is 225 Å². The molecule has 0 bridgehead atoms. The lowest BCUT2D eigenvalue weighted by atomic mass is 10.0. The minimum Gasteiger partial charge on any atom is -0.296 e. The number of fused-ring (bicyclic) bond motifs is 1. The van der Waals surface area contributed by atoms with E-state index >= 15 is 0 Å². The quantitative estimate of drug-likeness (QED) is 0.436. The summed E-state index contributed by atoms with van der Waals surface area (Å²) in [5.74, 6) is -0.0351. The molecule has 2 fully saturated rings. The van der Waals surface area contributed by atoms with Gasteiger partial charge >= 0.3 is 6.18 Å². The van der Waals surface area contributed by atoms with Gasteiger partial charge in [0, 0.05) is 24.8 Å². The highest BCUT2D eigenvalue weighted by Crippen LogP contribution is 2.39. The number of halogens is 3. The van der Waals surface area contributed by atoms with E-state index < -0.39 is 36.8 Å². The van der Waals surface area contributed by atoms with Crippen molar-refractivity contribution in [2.24, 2.45) is 0 Å². The molecular weight excluding hydrogens is 579 g/mol. The van der Waals surface area contributed by atoms with Gasteiger partial charge in [-0.2, -0.15) is 27.5 Å². The van der Waals surface area contributed by atoms with E-state index in [1.54, 1.807) is 6.08 Å². The van der Waals surface area contributed by atoms with Crippen LogP contribution in [0.5, 0.6) is 0 Å². The van der Waals surface area contributed by atoms with E-state index in [-0.39, 0.29) is 51.8 Å². The molecule has 4 heterocycles. The summed E-state index contributed by atoms with van der Waals surface area (Å²) in [5, 5.41) is 14.5. The van der Waals surface area contributed by atoms with Crippen molar-refractivity contribution < 1.29 is 30.0 Å². The summed E-state index contributed by atoms with van der Waals surface area (Å²) in [6.07, 6.45) is 1.89. The Hall–Kier alpha value is -2.91. The summed E-state index contributed by atoms with van der Waals surface area (Å²) >= 11 is 0.276. The van der Waals surface area contributed by atoms with Crippen LogP contribution in [0.1, 0.15) is 42.7 Å². The fourth-order valence-corrected chi connectivity index (χ4v) is 8.33. The lowest BCUT2D eigenvalue weighted by Gasteiger charge is -2.26. The molecule has 1 aliphatic heterocycles. The number of sulfonamides is 2. The Morgan fingerprint density at radius 2 is 1.92 bits per heavy atom. The van der Waals surface area contributed by atoms with Crippen molar-refractivity contribution in [2.75, 3.05) is 13.1 Å².